The van der Waals surface area contributed by atoms with Gasteiger partial charge in [0.1, 0.15) is 5.69 Å². The van der Waals surface area contributed by atoms with Gasteiger partial charge in [0.05, 0.1) is 30.1 Å². The molecule has 3 N–H and O–H groups in total. The topological polar surface area (TPSA) is 95.3 Å². The van der Waals surface area contributed by atoms with Crippen molar-refractivity contribution in [1.82, 2.24) is 15.3 Å². The second kappa shape index (κ2) is 7.11. The van der Waals surface area contributed by atoms with Gasteiger partial charge in [-0.15, -0.1) is 0 Å². The van der Waals surface area contributed by atoms with Crippen molar-refractivity contribution in [1.29, 1.82) is 0 Å². The van der Waals surface area contributed by atoms with E-state index in [1.165, 1.54) is 0 Å². The number of nitrogens with one attached hydrogen (secondary N) is 1. The molecule has 6 heteroatoms. The molecule has 0 aliphatic heterocycles. The molecule has 2 heterocycles. The van der Waals surface area contributed by atoms with Gasteiger partial charge in [0.2, 0.25) is 0 Å². The SMILES string of the molecule is CCC(CO)(CO)NC(=O)c1cccc(-c2ccccn2)n1. The Labute approximate surface area is 128 Å². The Morgan fingerprint density at radius 1 is 1.14 bits per heavy atom. The number of hydrogen-bond acceptors (Lipinski definition) is 5. The van der Waals surface area contributed by atoms with Gasteiger partial charge in [-0.3, -0.25) is 9.78 Å². The zero-order valence-electron chi connectivity index (χ0n) is 12.4. The van der Waals surface area contributed by atoms with E-state index in [0.717, 1.165) is 0 Å². The van der Waals surface area contributed by atoms with Gasteiger partial charge in [-0.2, -0.15) is 0 Å². The van der Waals surface area contributed by atoms with E-state index in [1.807, 2.05) is 12.1 Å². The number of amides is 1. The lowest BCUT2D eigenvalue weighted by Gasteiger charge is -2.29. The highest BCUT2D eigenvalue weighted by atomic mass is 16.3. The first-order valence-electron chi connectivity index (χ1n) is 7.07. The number of carbonyl (C=O) groups excluding carboxylic acids is 1. The van der Waals surface area contributed by atoms with Crippen LogP contribution in [0, 0.1) is 0 Å². The molecule has 0 saturated carbocycles. The Kier molecular flexibility index (Phi) is 5.19. The molecule has 0 aliphatic rings. The van der Waals surface area contributed by atoms with E-state index in [9.17, 15) is 15.0 Å². The number of pyridine rings is 2. The first-order valence-corrected chi connectivity index (χ1v) is 7.07. The molecule has 116 valence electrons. The van der Waals surface area contributed by atoms with Gasteiger partial charge in [0.25, 0.3) is 5.91 Å². The highest BCUT2D eigenvalue weighted by molar-refractivity contribution is 5.93. The lowest BCUT2D eigenvalue weighted by molar-refractivity contribution is 0.0649. The summed E-state index contributed by atoms with van der Waals surface area (Å²) in [6.45, 7) is 1.10. The number of carbonyl (C=O) groups is 1. The van der Waals surface area contributed by atoms with Crippen LogP contribution in [-0.4, -0.2) is 44.8 Å². The quantitative estimate of drug-likeness (QED) is 0.740. The number of aliphatic hydroxyl groups excluding tert-OH is 2. The maximum Gasteiger partial charge on any atom is 0.270 e. The molecule has 0 atom stereocenters. The molecular weight excluding hydrogens is 282 g/mol. The van der Waals surface area contributed by atoms with Gasteiger partial charge in [0, 0.05) is 6.20 Å². The predicted molar refractivity (Wildman–Crippen MR) is 82.1 cm³/mol. The van der Waals surface area contributed by atoms with Crippen LogP contribution >= 0.6 is 0 Å². The summed E-state index contributed by atoms with van der Waals surface area (Å²) in [7, 11) is 0. The van der Waals surface area contributed by atoms with Crippen LogP contribution in [0.15, 0.2) is 42.6 Å². The second-order valence-electron chi connectivity index (χ2n) is 5.03. The van der Waals surface area contributed by atoms with Crippen LogP contribution in [0.1, 0.15) is 23.8 Å². The summed E-state index contributed by atoms with van der Waals surface area (Å²) < 4.78 is 0. The van der Waals surface area contributed by atoms with E-state index in [-0.39, 0.29) is 18.9 Å². The zero-order chi connectivity index (χ0) is 16.0. The van der Waals surface area contributed by atoms with Crippen LogP contribution < -0.4 is 5.32 Å². The summed E-state index contributed by atoms with van der Waals surface area (Å²) in [6.07, 6.45) is 2.06. The Bertz CT molecular complexity index is 619. The molecule has 0 unspecified atom stereocenters. The first kappa shape index (κ1) is 16.1. The van der Waals surface area contributed by atoms with Gasteiger partial charge in [-0.25, -0.2) is 4.98 Å². The van der Waals surface area contributed by atoms with Gasteiger partial charge >= 0.3 is 0 Å². The summed E-state index contributed by atoms with van der Waals surface area (Å²) in [5.41, 5.74) is 0.425. The summed E-state index contributed by atoms with van der Waals surface area (Å²) in [5, 5.41) is 21.5. The van der Waals surface area contributed by atoms with E-state index in [4.69, 9.17) is 0 Å². The fraction of sp³-hybridized carbons (Fsp3) is 0.312. The highest BCUT2D eigenvalue weighted by Crippen LogP contribution is 2.15. The summed E-state index contributed by atoms with van der Waals surface area (Å²) >= 11 is 0. The van der Waals surface area contributed by atoms with Gasteiger partial charge in [0.15, 0.2) is 0 Å². The van der Waals surface area contributed by atoms with Crippen molar-refractivity contribution in [2.24, 2.45) is 0 Å². The minimum absolute atomic E-state index is 0.211. The molecule has 0 aromatic carbocycles. The van der Waals surface area contributed by atoms with Crippen molar-refractivity contribution < 1.29 is 15.0 Å². The number of aliphatic hydroxyl groups is 2. The largest absolute Gasteiger partial charge is 0.394 e. The summed E-state index contributed by atoms with van der Waals surface area (Å²) in [5.74, 6) is -0.442. The van der Waals surface area contributed by atoms with Crippen LogP contribution in [0.4, 0.5) is 0 Å². The van der Waals surface area contributed by atoms with Crippen LogP contribution in [0.3, 0.4) is 0 Å². The van der Waals surface area contributed by atoms with Gasteiger partial charge in [-0.1, -0.05) is 19.1 Å². The van der Waals surface area contributed by atoms with Crippen molar-refractivity contribution in [3.05, 3.63) is 48.3 Å². The number of rotatable bonds is 6. The number of nitrogens with zero attached hydrogens (tertiary/aromatic N) is 2. The average molecular weight is 301 g/mol. The lowest BCUT2D eigenvalue weighted by atomic mass is 9.98. The smallest absolute Gasteiger partial charge is 0.270 e. The Hall–Kier alpha value is -2.31. The third-order valence-corrected chi connectivity index (χ3v) is 3.57. The van der Waals surface area contributed by atoms with E-state index < -0.39 is 11.4 Å². The highest BCUT2D eigenvalue weighted by Gasteiger charge is 2.29. The van der Waals surface area contributed by atoms with Crippen molar-refractivity contribution in [2.45, 2.75) is 18.9 Å². The Morgan fingerprint density at radius 3 is 2.45 bits per heavy atom. The minimum Gasteiger partial charge on any atom is -0.394 e. The van der Waals surface area contributed by atoms with Crippen LogP contribution in [0.5, 0.6) is 0 Å². The van der Waals surface area contributed by atoms with E-state index in [1.54, 1.807) is 37.4 Å². The molecule has 0 fully saturated rings. The van der Waals surface area contributed by atoms with Gasteiger partial charge < -0.3 is 15.5 Å². The molecular formula is C16H19N3O3. The lowest BCUT2D eigenvalue weighted by Crippen LogP contribution is -2.53. The van der Waals surface area contributed by atoms with Crippen LogP contribution in [0.2, 0.25) is 0 Å². The molecule has 2 aromatic heterocycles. The minimum atomic E-state index is -1.04. The van der Waals surface area contributed by atoms with Crippen molar-refractivity contribution in [2.75, 3.05) is 13.2 Å². The average Bonchev–Trinajstić information content (AvgIpc) is 2.60. The van der Waals surface area contributed by atoms with E-state index in [0.29, 0.717) is 17.8 Å². The van der Waals surface area contributed by atoms with Crippen LogP contribution in [0.25, 0.3) is 11.4 Å². The maximum atomic E-state index is 12.3. The molecule has 1 amide bonds. The summed E-state index contributed by atoms with van der Waals surface area (Å²) in [4.78, 5) is 20.8. The third kappa shape index (κ3) is 3.47. The van der Waals surface area contributed by atoms with Crippen LogP contribution in [-0.2, 0) is 0 Å². The van der Waals surface area contributed by atoms with Crippen molar-refractivity contribution in [3.63, 3.8) is 0 Å². The molecule has 22 heavy (non-hydrogen) atoms. The first-order chi connectivity index (χ1) is 10.6. The summed E-state index contributed by atoms with van der Waals surface area (Å²) in [6, 6.07) is 10.5. The third-order valence-electron chi connectivity index (χ3n) is 3.57. The monoisotopic (exact) mass is 301 g/mol. The Balaban J connectivity index is 2.24. The molecule has 0 radical (unpaired) electrons. The number of aromatic nitrogens is 2. The molecule has 2 aromatic rings. The normalized spacial score (nSPS) is 11.2. The second-order valence-corrected chi connectivity index (χ2v) is 5.03. The van der Waals surface area contributed by atoms with E-state index in [2.05, 4.69) is 15.3 Å². The van der Waals surface area contributed by atoms with Crippen molar-refractivity contribution >= 4 is 5.91 Å². The number of hydrogen-bond donors (Lipinski definition) is 3. The molecule has 0 spiro atoms. The molecule has 0 saturated heterocycles. The standard InChI is InChI=1S/C16H19N3O3/c1-2-16(10-20,11-21)19-15(22)14-8-5-7-13(18-14)12-6-3-4-9-17-12/h3-9,20-21H,2,10-11H2,1H3,(H,19,22). The molecule has 6 nitrogen and oxygen atoms in total. The molecule has 2 rings (SSSR count). The van der Waals surface area contributed by atoms with E-state index >= 15 is 0 Å². The molecule has 0 aliphatic carbocycles. The Morgan fingerprint density at radius 2 is 1.86 bits per heavy atom. The maximum absolute atomic E-state index is 12.3. The fourth-order valence-corrected chi connectivity index (χ4v) is 1.96. The van der Waals surface area contributed by atoms with Crippen molar-refractivity contribution in [3.8, 4) is 11.4 Å². The van der Waals surface area contributed by atoms with Gasteiger partial charge in [-0.05, 0) is 30.7 Å². The fourth-order valence-electron chi connectivity index (χ4n) is 1.96. The predicted octanol–water partition coefficient (Wildman–Crippen LogP) is 1.01. The molecule has 0 bridgehead atoms. The zero-order valence-corrected chi connectivity index (χ0v) is 12.4.